The van der Waals surface area contributed by atoms with Crippen LogP contribution in [0.25, 0.3) is 0 Å². The van der Waals surface area contributed by atoms with Gasteiger partial charge in [-0.25, -0.2) is 12.8 Å². The maximum atomic E-state index is 13.4. The van der Waals surface area contributed by atoms with Crippen molar-refractivity contribution in [1.29, 1.82) is 0 Å². The van der Waals surface area contributed by atoms with E-state index in [-0.39, 0.29) is 49.6 Å². The van der Waals surface area contributed by atoms with E-state index in [1.165, 1.54) is 21.3 Å². The molecule has 2 aromatic rings. The molecule has 2 amide bonds. The zero-order valence-electron chi connectivity index (χ0n) is 22.1. The van der Waals surface area contributed by atoms with Crippen LogP contribution in [0.2, 0.25) is 5.02 Å². The number of sulfonamides is 1. The van der Waals surface area contributed by atoms with E-state index in [0.717, 1.165) is 12.7 Å². The number of nitrogens with zero attached hydrogens (tertiary/aromatic N) is 2. The molecule has 2 aromatic carbocycles. The summed E-state index contributed by atoms with van der Waals surface area (Å²) < 4.78 is 39.8. The first-order valence-corrected chi connectivity index (χ1v) is 14.7. The van der Waals surface area contributed by atoms with Crippen molar-refractivity contribution in [3.63, 3.8) is 0 Å². The number of hydrogen-bond donors (Lipinski definition) is 1. The van der Waals surface area contributed by atoms with Crippen LogP contribution in [0.4, 0.5) is 10.1 Å². The minimum atomic E-state index is -3.63. The van der Waals surface area contributed by atoms with E-state index >= 15 is 0 Å². The van der Waals surface area contributed by atoms with Crippen molar-refractivity contribution in [2.45, 2.75) is 72.0 Å². The molecule has 2 rings (SSSR count). The summed E-state index contributed by atoms with van der Waals surface area (Å²) in [5, 5.41) is 3.39. The fourth-order valence-electron chi connectivity index (χ4n) is 4.00. The summed E-state index contributed by atoms with van der Waals surface area (Å²) in [5.74, 6) is -0.924. The summed E-state index contributed by atoms with van der Waals surface area (Å²) in [6.45, 7) is 7.64. The van der Waals surface area contributed by atoms with E-state index in [0.29, 0.717) is 28.3 Å². The Bertz CT molecular complexity index is 1170. The lowest BCUT2D eigenvalue weighted by Gasteiger charge is -2.32. The monoisotopic (exact) mass is 553 g/mol. The zero-order chi connectivity index (χ0) is 27.8. The van der Waals surface area contributed by atoms with Crippen LogP contribution >= 0.6 is 11.6 Å². The largest absolute Gasteiger partial charge is 0.352 e. The molecule has 10 heteroatoms. The van der Waals surface area contributed by atoms with Gasteiger partial charge >= 0.3 is 0 Å². The molecule has 0 aliphatic carbocycles. The van der Waals surface area contributed by atoms with E-state index in [2.05, 4.69) is 5.32 Å². The third-order valence-corrected chi connectivity index (χ3v) is 7.90. The van der Waals surface area contributed by atoms with Crippen LogP contribution < -0.4 is 9.62 Å². The highest BCUT2D eigenvalue weighted by Crippen LogP contribution is 2.28. The van der Waals surface area contributed by atoms with Crippen LogP contribution in [0.1, 0.15) is 57.6 Å². The standard InChI is InChI=1S/C27H37ClFN3O4S/c1-6-19(3)30-27(34)24(7-2)31(18-21-13-15-22(29)16-14-21)26(33)12-9-17-32(37(5,35)36)25-11-8-10-23(28)20(25)4/h8,10-11,13-16,19,24H,6-7,9,12,17-18H2,1-5H3,(H,30,34)/t19-,24-/m1/s1. The molecule has 0 unspecified atom stereocenters. The second kappa shape index (κ2) is 13.8. The lowest BCUT2D eigenvalue weighted by Crippen LogP contribution is -2.50. The Labute approximate surface area is 225 Å². The average Bonchev–Trinajstić information content (AvgIpc) is 2.84. The molecule has 0 spiro atoms. The van der Waals surface area contributed by atoms with Gasteiger partial charge in [0.2, 0.25) is 21.8 Å². The van der Waals surface area contributed by atoms with E-state index < -0.39 is 16.1 Å². The highest BCUT2D eigenvalue weighted by Gasteiger charge is 2.29. The van der Waals surface area contributed by atoms with Crippen LogP contribution in [-0.2, 0) is 26.2 Å². The molecule has 0 radical (unpaired) electrons. The lowest BCUT2D eigenvalue weighted by molar-refractivity contribution is -0.141. The molecule has 0 fully saturated rings. The van der Waals surface area contributed by atoms with Crippen LogP contribution in [0, 0.1) is 12.7 Å². The van der Waals surface area contributed by atoms with Crippen molar-refractivity contribution in [3.8, 4) is 0 Å². The van der Waals surface area contributed by atoms with Gasteiger partial charge in [-0.2, -0.15) is 0 Å². The van der Waals surface area contributed by atoms with E-state index in [9.17, 15) is 22.4 Å². The number of hydrogen-bond acceptors (Lipinski definition) is 4. The van der Waals surface area contributed by atoms with Crippen molar-refractivity contribution in [3.05, 3.63) is 64.4 Å². The van der Waals surface area contributed by atoms with Crippen LogP contribution in [0.5, 0.6) is 0 Å². The molecule has 7 nitrogen and oxygen atoms in total. The molecule has 0 aliphatic rings. The van der Waals surface area contributed by atoms with E-state index in [4.69, 9.17) is 11.6 Å². The highest BCUT2D eigenvalue weighted by molar-refractivity contribution is 7.92. The Morgan fingerprint density at radius 3 is 2.30 bits per heavy atom. The molecule has 0 saturated carbocycles. The minimum absolute atomic E-state index is 0.0277. The predicted octanol–water partition coefficient (Wildman–Crippen LogP) is 5.06. The molecular weight excluding hydrogens is 517 g/mol. The smallest absolute Gasteiger partial charge is 0.243 e. The van der Waals surface area contributed by atoms with Gasteiger partial charge in [-0.1, -0.05) is 43.6 Å². The minimum Gasteiger partial charge on any atom is -0.352 e. The highest BCUT2D eigenvalue weighted by atomic mass is 35.5. The Morgan fingerprint density at radius 1 is 1.08 bits per heavy atom. The van der Waals surface area contributed by atoms with Gasteiger partial charge in [0.05, 0.1) is 11.9 Å². The maximum absolute atomic E-state index is 13.4. The average molecular weight is 554 g/mol. The van der Waals surface area contributed by atoms with Gasteiger partial charge in [-0.05, 0) is 68.5 Å². The molecule has 0 heterocycles. The molecular formula is C27H37ClFN3O4S. The number of rotatable bonds is 13. The molecule has 37 heavy (non-hydrogen) atoms. The predicted molar refractivity (Wildman–Crippen MR) is 147 cm³/mol. The molecule has 1 N–H and O–H groups in total. The number of carbonyl (C=O) groups excluding carboxylic acids is 2. The number of carbonyl (C=O) groups is 2. The fourth-order valence-corrected chi connectivity index (χ4v) is 5.18. The molecule has 0 bridgehead atoms. The van der Waals surface area contributed by atoms with Crippen LogP contribution in [0.15, 0.2) is 42.5 Å². The first kappa shape index (κ1) is 30.6. The number of halogens is 2. The zero-order valence-corrected chi connectivity index (χ0v) is 23.7. The summed E-state index contributed by atoms with van der Waals surface area (Å²) in [7, 11) is -3.63. The van der Waals surface area contributed by atoms with Gasteiger partial charge in [0.25, 0.3) is 0 Å². The number of benzene rings is 2. The summed E-state index contributed by atoms with van der Waals surface area (Å²) in [4.78, 5) is 28.0. The van der Waals surface area contributed by atoms with Gasteiger partial charge in [0, 0.05) is 30.6 Å². The van der Waals surface area contributed by atoms with Crippen LogP contribution in [0.3, 0.4) is 0 Å². The van der Waals surface area contributed by atoms with Gasteiger partial charge in [-0.3, -0.25) is 13.9 Å². The van der Waals surface area contributed by atoms with Crippen molar-refractivity contribution in [2.24, 2.45) is 0 Å². The summed E-state index contributed by atoms with van der Waals surface area (Å²) in [5.41, 5.74) is 1.79. The third kappa shape index (κ3) is 8.71. The molecule has 2 atom stereocenters. The Hall–Kier alpha value is -2.65. The lowest BCUT2D eigenvalue weighted by atomic mass is 10.1. The van der Waals surface area contributed by atoms with Gasteiger partial charge in [0.1, 0.15) is 11.9 Å². The Morgan fingerprint density at radius 2 is 1.73 bits per heavy atom. The maximum Gasteiger partial charge on any atom is 0.243 e. The Kier molecular flexibility index (Phi) is 11.4. The quantitative estimate of drug-likeness (QED) is 0.376. The van der Waals surface area contributed by atoms with Gasteiger partial charge < -0.3 is 10.2 Å². The topological polar surface area (TPSA) is 86.8 Å². The fraction of sp³-hybridized carbons (Fsp3) is 0.481. The molecule has 0 saturated heterocycles. The van der Waals surface area contributed by atoms with Crippen molar-refractivity contribution in [2.75, 3.05) is 17.1 Å². The molecule has 204 valence electrons. The Balaban J connectivity index is 2.25. The number of nitrogens with one attached hydrogen (secondary N) is 1. The van der Waals surface area contributed by atoms with Gasteiger partial charge in [0.15, 0.2) is 0 Å². The summed E-state index contributed by atoms with van der Waals surface area (Å²) in [6, 6.07) is 10.1. The first-order chi connectivity index (χ1) is 17.4. The molecule has 0 aliphatic heterocycles. The third-order valence-electron chi connectivity index (χ3n) is 6.31. The van der Waals surface area contributed by atoms with E-state index in [1.54, 1.807) is 37.3 Å². The SMILES string of the molecule is CC[C@@H](C)NC(=O)[C@@H](CC)N(Cc1ccc(F)cc1)C(=O)CCCN(c1cccc(Cl)c1C)S(C)(=O)=O. The molecule has 0 aromatic heterocycles. The van der Waals surface area contributed by atoms with Crippen LogP contribution in [-0.4, -0.2) is 50.0 Å². The summed E-state index contributed by atoms with van der Waals surface area (Å²) >= 11 is 6.20. The number of amides is 2. The normalized spacial score (nSPS) is 13.1. The van der Waals surface area contributed by atoms with Crippen molar-refractivity contribution < 1.29 is 22.4 Å². The van der Waals surface area contributed by atoms with Crippen molar-refractivity contribution in [1.82, 2.24) is 10.2 Å². The van der Waals surface area contributed by atoms with E-state index in [1.807, 2.05) is 20.8 Å². The van der Waals surface area contributed by atoms with Gasteiger partial charge in [-0.15, -0.1) is 0 Å². The number of anilines is 1. The second-order valence-electron chi connectivity index (χ2n) is 9.21. The first-order valence-electron chi connectivity index (χ1n) is 12.5. The second-order valence-corrected chi connectivity index (χ2v) is 11.5. The summed E-state index contributed by atoms with van der Waals surface area (Å²) in [6.07, 6.45) is 2.52. The van der Waals surface area contributed by atoms with Crippen molar-refractivity contribution >= 4 is 39.1 Å².